The number of hydrogen-bond donors (Lipinski definition) is 0. The first-order valence-corrected chi connectivity index (χ1v) is 6.06. The predicted octanol–water partition coefficient (Wildman–Crippen LogP) is 1.11. The molecule has 0 radical (unpaired) electrons. The van der Waals surface area contributed by atoms with Gasteiger partial charge in [-0.05, 0) is 31.9 Å². The van der Waals surface area contributed by atoms with E-state index in [0.717, 1.165) is 18.5 Å². The molecule has 0 aromatic carbocycles. The molecular formula is C13H18N2O3. The van der Waals surface area contributed by atoms with E-state index in [1.807, 2.05) is 13.0 Å². The molecule has 5 nitrogen and oxygen atoms in total. The summed E-state index contributed by atoms with van der Waals surface area (Å²) in [5.74, 6) is -0.597. The molecule has 1 amide bonds. The zero-order valence-corrected chi connectivity index (χ0v) is 11.0. The smallest absolute Gasteiger partial charge is 0.355 e. The molecular weight excluding hydrogens is 232 g/mol. The van der Waals surface area contributed by atoms with Gasteiger partial charge in [-0.1, -0.05) is 0 Å². The average molecular weight is 250 g/mol. The second kappa shape index (κ2) is 4.84. The van der Waals surface area contributed by atoms with Crippen LogP contribution in [0.3, 0.4) is 0 Å². The number of likely N-dealkylation sites (N-methyl/N-ethyl adjacent to an activating group) is 1. The van der Waals surface area contributed by atoms with Crippen molar-refractivity contribution in [3.05, 3.63) is 23.5 Å². The maximum absolute atomic E-state index is 11.8. The molecule has 5 heteroatoms. The molecule has 1 aliphatic rings. The third-order valence-corrected chi connectivity index (χ3v) is 3.40. The standard InChI is InChI=1S/C13H18N2O3/c1-9-4-7-11(14(9)2)13(17)18-8-12(16)15(3)10-5-6-10/h4,7,10H,5-6,8H2,1-3H3. The number of nitrogens with zero attached hydrogens (tertiary/aromatic N) is 2. The summed E-state index contributed by atoms with van der Waals surface area (Å²) in [6.07, 6.45) is 2.10. The molecule has 1 fully saturated rings. The Morgan fingerprint density at radius 1 is 1.44 bits per heavy atom. The molecule has 18 heavy (non-hydrogen) atoms. The number of esters is 1. The summed E-state index contributed by atoms with van der Waals surface area (Å²) in [5, 5.41) is 0. The minimum atomic E-state index is -0.455. The van der Waals surface area contributed by atoms with Gasteiger partial charge in [0.05, 0.1) is 0 Å². The number of hydrogen-bond acceptors (Lipinski definition) is 3. The Morgan fingerprint density at radius 3 is 2.61 bits per heavy atom. The van der Waals surface area contributed by atoms with Crippen molar-refractivity contribution in [2.24, 2.45) is 7.05 Å². The first-order valence-electron chi connectivity index (χ1n) is 6.06. The Hall–Kier alpha value is -1.78. The number of carbonyl (C=O) groups excluding carboxylic acids is 2. The summed E-state index contributed by atoms with van der Waals surface area (Å²) in [6.45, 7) is 1.72. The van der Waals surface area contributed by atoms with E-state index in [2.05, 4.69) is 0 Å². The van der Waals surface area contributed by atoms with E-state index in [1.54, 1.807) is 29.6 Å². The van der Waals surface area contributed by atoms with Crippen molar-refractivity contribution in [1.29, 1.82) is 0 Å². The van der Waals surface area contributed by atoms with Crippen LogP contribution < -0.4 is 0 Å². The third-order valence-electron chi connectivity index (χ3n) is 3.40. The van der Waals surface area contributed by atoms with Gasteiger partial charge in [0.1, 0.15) is 5.69 Å². The van der Waals surface area contributed by atoms with Crippen LogP contribution in [-0.4, -0.2) is 41.0 Å². The second-order valence-corrected chi connectivity index (χ2v) is 4.73. The van der Waals surface area contributed by atoms with Crippen molar-refractivity contribution in [1.82, 2.24) is 9.47 Å². The van der Waals surface area contributed by atoms with Crippen LogP contribution in [-0.2, 0) is 16.6 Å². The molecule has 0 atom stereocenters. The van der Waals surface area contributed by atoms with Gasteiger partial charge in [-0.3, -0.25) is 4.79 Å². The van der Waals surface area contributed by atoms with Crippen LogP contribution in [0.5, 0.6) is 0 Å². The fourth-order valence-corrected chi connectivity index (χ4v) is 1.79. The maximum atomic E-state index is 11.8. The molecule has 1 heterocycles. The fraction of sp³-hybridized carbons (Fsp3) is 0.538. The molecule has 0 bridgehead atoms. The Morgan fingerprint density at radius 2 is 2.11 bits per heavy atom. The summed E-state index contributed by atoms with van der Waals surface area (Å²) in [5.41, 5.74) is 1.44. The van der Waals surface area contributed by atoms with Crippen molar-refractivity contribution >= 4 is 11.9 Å². The Kier molecular flexibility index (Phi) is 3.41. The van der Waals surface area contributed by atoms with E-state index < -0.39 is 5.97 Å². The number of ether oxygens (including phenoxy) is 1. The van der Waals surface area contributed by atoms with Crippen LogP contribution in [0.1, 0.15) is 29.0 Å². The van der Waals surface area contributed by atoms with Gasteiger partial charge in [-0.25, -0.2) is 4.79 Å². The molecule has 0 N–H and O–H groups in total. The Balaban J connectivity index is 1.88. The van der Waals surface area contributed by atoms with E-state index in [-0.39, 0.29) is 12.5 Å². The van der Waals surface area contributed by atoms with E-state index in [0.29, 0.717) is 11.7 Å². The van der Waals surface area contributed by atoms with Crippen molar-refractivity contribution in [3.8, 4) is 0 Å². The number of carbonyl (C=O) groups is 2. The Bertz CT molecular complexity index is 475. The van der Waals surface area contributed by atoms with Crippen LogP contribution in [0.2, 0.25) is 0 Å². The second-order valence-electron chi connectivity index (χ2n) is 4.73. The van der Waals surface area contributed by atoms with Crippen LogP contribution >= 0.6 is 0 Å². The molecule has 1 saturated carbocycles. The number of amides is 1. The quantitative estimate of drug-likeness (QED) is 0.752. The van der Waals surface area contributed by atoms with E-state index in [1.165, 1.54) is 0 Å². The van der Waals surface area contributed by atoms with Gasteiger partial charge in [0, 0.05) is 25.8 Å². The lowest BCUT2D eigenvalue weighted by Gasteiger charge is -2.16. The van der Waals surface area contributed by atoms with Gasteiger partial charge in [0.15, 0.2) is 6.61 Å². The summed E-state index contributed by atoms with van der Waals surface area (Å²) in [6, 6.07) is 3.88. The molecule has 0 spiro atoms. The highest BCUT2D eigenvalue weighted by molar-refractivity contribution is 5.90. The molecule has 2 rings (SSSR count). The molecule has 0 aliphatic heterocycles. The lowest BCUT2D eigenvalue weighted by molar-refractivity contribution is -0.133. The van der Waals surface area contributed by atoms with Crippen molar-refractivity contribution < 1.29 is 14.3 Å². The van der Waals surface area contributed by atoms with Crippen molar-refractivity contribution in [3.63, 3.8) is 0 Å². The van der Waals surface area contributed by atoms with Gasteiger partial charge in [0.25, 0.3) is 5.91 Å². The highest BCUT2D eigenvalue weighted by Gasteiger charge is 2.30. The predicted molar refractivity (Wildman–Crippen MR) is 66.2 cm³/mol. The van der Waals surface area contributed by atoms with Gasteiger partial charge in [-0.2, -0.15) is 0 Å². The van der Waals surface area contributed by atoms with Crippen LogP contribution in [0.15, 0.2) is 12.1 Å². The molecule has 0 saturated heterocycles. The summed E-state index contributed by atoms with van der Waals surface area (Å²) < 4.78 is 6.78. The van der Waals surface area contributed by atoms with Crippen molar-refractivity contribution in [2.45, 2.75) is 25.8 Å². The zero-order valence-electron chi connectivity index (χ0n) is 11.0. The van der Waals surface area contributed by atoms with Gasteiger partial charge in [0.2, 0.25) is 0 Å². The molecule has 1 aliphatic carbocycles. The first-order chi connectivity index (χ1) is 8.50. The summed E-state index contributed by atoms with van der Waals surface area (Å²) in [4.78, 5) is 25.1. The van der Waals surface area contributed by atoms with Gasteiger partial charge < -0.3 is 14.2 Å². The van der Waals surface area contributed by atoms with Crippen LogP contribution in [0, 0.1) is 6.92 Å². The SMILES string of the molecule is Cc1ccc(C(=O)OCC(=O)N(C)C2CC2)n1C. The average Bonchev–Trinajstić information content (AvgIpc) is 3.14. The number of rotatable bonds is 4. The molecule has 98 valence electrons. The normalized spacial score (nSPS) is 14.4. The largest absolute Gasteiger partial charge is 0.451 e. The molecule has 1 aromatic rings. The van der Waals surface area contributed by atoms with E-state index >= 15 is 0 Å². The van der Waals surface area contributed by atoms with Crippen LogP contribution in [0.4, 0.5) is 0 Å². The summed E-state index contributed by atoms with van der Waals surface area (Å²) >= 11 is 0. The van der Waals surface area contributed by atoms with E-state index in [4.69, 9.17) is 4.74 Å². The van der Waals surface area contributed by atoms with Gasteiger partial charge >= 0.3 is 5.97 Å². The van der Waals surface area contributed by atoms with Crippen molar-refractivity contribution in [2.75, 3.05) is 13.7 Å². The van der Waals surface area contributed by atoms with E-state index in [9.17, 15) is 9.59 Å². The monoisotopic (exact) mass is 250 g/mol. The molecule has 0 unspecified atom stereocenters. The lowest BCUT2D eigenvalue weighted by atomic mass is 10.4. The highest BCUT2D eigenvalue weighted by Crippen LogP contribution is 2.25. The maximum Gasteiger partial charge on any atom is 0.355 e. The first kappa shape index (κ1) is 12.7. The minimum absolute atomic E-state index is 0.142. The third kappa shape index (κ3) is 2.55. The summed E-state index contributed by atoms with van der Waals surface area (Å²) in [7, 11) is 3.55. The zero-order chi connectivity index (χ0) is 13.3. The molecule has 1 aromatic heterocycles. The number of aryl methyl sites for hydroxylation is 1. The fourth-order valence-electron chi connectivity index (χ4n) is 1.79. The minimum Gasteiger partial charge on any atom is -0.451 e. The Labute approximate surface area is 106 Å². The van der Waals surface area contributed by atoms with Crippen LogP contribution in [0.25, 0.3) is 0 Å². The van der Waals surface area contributed by atoms with Gasteiger partial charge in [-0.15, -0.1) is 0 Å². The lowest BCUT2D eigenvalue weighted by Crippen LogP contribution is -2.33. The highest BCUT2D eigenvalue weighted by atomic mass is 16.5. The topological polar surface area (TPSA) is 51.5 Å². The number of aromatic nitrogens is 1.